The van der Waals surface area contributed by atoms with Crippen LogP contribution >= 0.6 is 11.3 Å². The summed E-state index contributed by atoms with van der Waals surface area (Å²) in [6, 6.07) is 7.78. The summed E-state index contributed by atoms with van der Waals surface area (Å²) in [7, 11) is -3.62. The summed E-state index contributed by atoms with van der Waals surface area (Å²) in [6.45, 7) is 1.64. The van der Waals surface area contributed by atoms with E-state index in [0.29, 0.717) is 16.4 Å². The SMILES string of the molecule is Cc1cc([C@@H](CS(=O)(=O)Cc2ccc3sccc3c2)N(O)C=O)no1. The van der Waals surface area contributed by atoms with Gasteiger partial charge in [0.05, 0.1) is 11.5 Å². The number of hydrogen-bond acceptors (Lipinski definition) is 7. The maximum Gasteiger partial charge on any atom is 0.233 e. The van der Waals surface area contributed by atoms with E-state index in [0.717, 1.165) is 10.1 Å². The van der Waals surface area contributed by atoms with Gasteiger partial charge in [-0.3, -0.25) is 10.0 Å². The number of fused-ring (bicyclic) bond motifs is 1. The number of aryl methyl sites for hydroxylation is 1. The minimum Gasteiger partial charge on any atom is -0.361 e. The van der Waals surface area contributed by atoms with Gasteiger partial charge >= 0.3 is 0 Å². The Labute approximate surface area is 148 Å². The molecule has 0 fully saturated rings. The zero-order chi connectivity index (χ0) is 18.0. The molecular formula is C16H16N2O5S2. The monoisotopic (exact) mass is 380 g/mol. The van der Waals surface area contributed by atoms with Crippen molar-refractivity contribution in [1.29, 1.82) is 0 Å². The van der Waals surface area contributed by atoms with Crippen LogP contribution in [0.2, 0.25) is 0 Å². The lowest BCUT2D eigenvalue weighted by atomic mass is 10.2. The average molecular weight is 380 g/mol. The Morgan fingerprint density at radius 2 is 2.16 bits per heavy atom. The maximum absolute atomic E-state index is 12.6. The Morgan fingerprint density at radius 3 is 2.84 bits per heavy atom. The van der Waals surface area contributed by atoms with Crippen molar-refractivity contribution in [3.8, 4) is 0 Å². The van der Waals surface area contributed by atoms with Gasteiger partial charge in [0.25, 0.3) is 0 Å². The minimum absolute atomic E-state index is 0.154. The summed E-state index contributed by atoms with van der Waals surface area (Å²) in [6.07, 6.45) is 0.154. The zero-order valence-electron chi connectivity index (χ0n) is 13.3. The molecule has 1 aromatic carbocycles. The van der Waals surface area contributed by atoms with Crippen molar-refractivity contribution in [2.45, 2.75) is 18.7 Å². The number of sulfone groups is 1. The summed E-state index contributed by atoms with van der Waals surface area (Å²) in [5.74, 6) is -0.200. The van der Waals surface area contributed by atoms with Gasteiger partial charge in [-0.15, -0.1) is 11.3 Å². The van der Waals surface area contributed by atoms with Crippen LogP contribution in [0.4, 0.5) is 0 Å². The lowest BCUT2D eigenvalue weighted by Crippen LogP contribution is -2.30. The van der Waals surface area contributed by atoms with Crippen molar-refractivity contribution < 1.29 is 22.9 Å². The van der Waals surface area contributed by atoms with Crippen LogP contribution in [0.5, 0.6) is 0 Å². The molecule has 0 aliphatic heterocycles. The third-order valence-corrected chi connectivity index (χ3v) is 6.22. The number of benzene rings is 1. The Bertz CT molecular complexity index is 993. The van der Waals surface area contributed by atoms with Crippen LogP contribution in [0.15, 0.2) is 40.2 Å². The van der Waals surface area contributed by atoms with Gasteiger partial charge in [-0.1, -0.05) is 11.2 Å². The molecule has 3 rings (SSSR count). The Kier molecular flexibility index (Phi) is 4.89. The molecule has 0 spiro atoms. The fourth-order valence-electron chi connectivity index (χ4n) is 2.57. The number of rotatable bonds is 7. The van der Waals surface area contributed by atoms with Crippen LogP contribution in [-0.4, -0.2) is 36.0 Å². The molecule has 1 N–H and O–H groups in total. The van der Waals surface area contributed by atoms with Gasteiger partial charge in [-0.25, -0.2) is 13.5 Å². The number of hydrogen-bond donors (Lipinski definition) is 1. The van der Waals surface area contributed by atoms with Gasteiger partial charge in [0.2, 0.25) is 6.41 Å². The van der Waals surface area contributed by atoms with E-state index in [1.807, 2.05) is 23.6 Å². The minimum atomic E-state index is -3.62. The predicted octanol–water partition coefficient (Wildman–Crippen LogP) is 2.70. The van der Waals surface area contributed by atoms with E-state index >= 15 is 0 Å². The standard InChI is InChI=1S/C16H16N2O5S2/c1-11-6-14(17-23-11)15(18(20)10-19)9-25(21,22)8-12-2-3-16-13(7-12)4-5-24-16/h2-7,10,15,20H,8-9H2,1H3/t15-/m1/s1. The number of nitrogens with zero attached hydrogens (tertiary/aromatic N) is 2. The van der Waals surface area contributed by atoms with E-state index in [1.54, 1.807) is 24.3 Å². The summed E-state index contributed by atoms with van der Waals surface area (Å²) < 4.78 is 31.1. The zero-order valence-corrected chi connectivity index (χ0v) is 15.0. The first-order valence-corrected chi connectivity index (χ1v) is 10.1. The van der Waals surface area contributed by atoms with Gasteiger partial charge in [0.15, 0.2) is 9.84 Å². The smallest absolute Gasteiger partial charge is 0.233 e. The molecule has 0 bridgehead atoms. The molecule has 0 aliphatic rings. The van der Waals surface area contributed by atoms with E-state index in [2.05, 4.69) is 5.16 Å². The van der Waals surface area contributed by atoms with Gasteiger partial charge in [-0.2, -0.15) is 0 Å². The third kappa shape index (κ3) is 4.06. The fourth-order valence-corrected chi connectivity index (χ4v) is 4.95. The number of carbonyl (C=O) groups excluding carboxylic acids is 1. The topological polar surface area (TPSA) is 101 Å². The van der Waals surface area contributed by atoms with Crippen LogP contribution < -0.4 is 0 Å². The van der Waals surface area contributed by atoms with Crippen LogP contribution in [0.3, 0.4) is 0 Å². The molecule has 0 radical (unpaired) electrons. The molecule has 1 amide bonds. The van der Waals surface area contributed by atoms with Gasteiger partial charge in [-0.05, 0) is 41.5 Å². The predicted molar refractivity (Wildman–Crippen MR) is 93.0 cm³/mol. The van der Waals surface area contributed by atoms with Crippen molar-refractivity contribution in [2.24, 2.45) is 0 Å². The number of hydroxylamine groups is 2. The summed E-state index contributed by atoms with van der Waals surface area (Å²) in [5.41, 5.74) is 0.834. The van der Waals surface area contributed by atoms with E-state index < -0.39 is 21.6 Å². The van der Waals surface area contributed by atoms with Gasteiger partial charge in [0.1, 0.15) is 17.5 Å². The molecule has 0 saturated heterocycles. The summed E-state index contributed by atoms with van der Waals surface area (Å²) >= 11 is 1.58. The second-order valence-electron chi connectivity index (χ2n) is 5.71. The van der Waals surface area contributed by atoms with E-state index in [9.17, 15) is 18.4 Å². The van der Waals surface area contributed by atoms with E-state index in [1.165, 1.54) is 6.07 Å². The number of thiophene rings is 1. The summed E-state index contributed by atoms with van der Waals surface area (Å²) in [5, 5.41) is 16.7. The maximum atomic E-state index is 12.6. The van der Waals surface area contributed by atoms with Crippen molar-refractivity contribution >= 4 is 37.7 Å². The molecule has 3 aromatic rings. The lowest BCUT2D eigenvalue weighted by Gasteiger charge is -2.20. The first-order chi connectivity index (χ1) is 11.9. The molecule has 7 nitrogen and oxygen atoms in total. The lowest BCUT2D eigenvalue weighted by molar-refractivity contribution is -0.159. The summed E-state index contributed by atoms with van der Waals surface area (Å²) in [4.78, 5) is 10.9. The molecule has 9 heteroatoms. The first kappa shape index (κ1) is 17.6. The molecule has 2 heterocycles. The highest BCUT2D eigenvalue weighted by Crippen LogP contribution is 2.25. The Morgan fingerprint density at radius 1 is 1.36 bits per heavy atom. The molecule has 25 heavy (non-hydrogen) atoms. The van der Waals surface area contributed by atoms with Crippen LogP contribution in [0.1, 0.15) is 23.1 Å². The molecule has 132 valence electrons. The quantitative estimate of drug-likeness (QED) is 0.384. The number of carbonyl (C=O) groups is 1. The van der Waals surface area contributed by atoms with Crippen molar-refractivity contribution in [2.75, 3.05) is 5.75 Å². The molecular weight excluding hydrogens is 364 g/mol. The van der Waals surface area contributed by atoms with Crippen LogP contribution in [0.25, 0.3) is 10.1 Å². The highest BCUT2D eigenvalue weighted by molar-refractivity contribution is 7.90. The molecule has 0 aliphatic carbocycles. The van der Waals surface area contributed by atoms with Gasteiger partial charge in [0, 0.05) is 10.8 Å². The largest absolute Gasteiger partial charge is 0.361 e. The average Bonchev–Trinajstić information content (AvgIpc) is 3.19. The van der Waals surface area contributed by atoms with Crippen LogP contribution in [-0.2, 0) is 20.4 Å². The molecule has 2 aromatic heterocycles. The van der Waals surface area contributed by atoms with Crippen molar-refractivity contribution in [1.82, 2.24) is 10.2 Å². The first-order valence-electron chi connectivity index (χ1n) is 7.40. The normalized spacial score (nSPS) is 13.0. The highest BCUT2D eigenvalue weighted by atomic mass is 32.2. The highest BCUT2D eigenvalue weighted by Gasteiger charge is 2.28. The molecule has 0 unspecified atom stereocenters. The number of amides is 1. The fraction of sp³-hybridized carbons (Fsp3) is 0.250. The second-order valence-corrected chi connectivity index (χ2v) is 8.77. The Balaban J connectivity index is 1.83. The van der Waals surface area contributed by atoms with E-state index in [-0.39, 0.29) is 17.9 Å². The molecule has 1 atom stereocenters. The van der Waals surface area contributed by atoms with Crippen LogP contribution in [0, 0.1) is 6.92 Å². The van der Waals surface area contributed by atoms with Gasteiger partial charge < -0.3 is 4.52 Å². The Hall–Kier alpha value is -2.23. The second kappa shape index (κ2) is 6.95. The number of aromatic nitrogens is 1. The third-order valence-electron chi connectivity index (χ3n) is 3.73. The van der Waals surface area contributed by atoms with E-state index in [4.69, 9.17) is 4.52 Å². The van der Waals surface area contributed by atoms with Crippen molar-refractivity contribution in [3.63, 3.8) is 0 Å². The molecule has 0 saturated carbocycles. The van der Waals surface area contributed by atoms with Crippen molar-refractivity contribution in [3.05, 3.63) is 52.7 Å².